The zero-order valence-corrected chi connectivity index (χ0v) is 12.6. The first-order valence-corrected chi connectivity index (χ1v) is 7.97. The summed E-state index contributed by atoms with van der Waals surface area (Å²) in [6.45, 7) is 0.170. The molecule has 3 N–H and O–H groups in total. The van der Waals surface area contributed by atoms with Crippen LogP contribution < -0.4 is 11.1 Å². The van der Waals surface area contributed by atoms with E-state index in [1.807, 2.05) is 4.57 Å². The zero-order valence-electron chi connectivity index (χ0n) is 11.8. The summed E-state index contributed by atoms with van der Waals surface area (Å²) in [4.78, 5) is 11.9. The summed E-state index contributed by atoms with van der Waals surface area (Å²) in [5.41, 5.74) is 6.24. The van der Waals surface area contributed by atoms with Crippen LogP contribution in [0.4, 0.5) is 10.3 Å². The van der Waals surface area contributed by atoms with E-state index in [2.05, 4.69) is 15.5 Å². The van der Waals surface area contributed by atoms with Crippen molar-refractivity contribution in [2.45, 2.75) is 30.6 Å². The van der Waals surface area contributed by atoms with Crippen molar-refractivity contribution < 1.29 is 9.18 Å². The van der Waals surface area contributed by atoms with Crippen LogP contribution in [-0.2, 0) is 11.3 Å². The molecule has 3 rings (SSSR count). The number of amides is 1. The molecule has 1 aliphatic rings. The quantitative estimate of drug-likeness (QED) is 0.792. The lowest BCUT2D eigenvalue weighted by molar-refractivity contribution is -0.118. The maximum absolute atomic E-state index is 13.5. The fourth-order valence-electron chi connectivity index (χ4n) is 2.08. The number of benzene rings is 1. The van der Waals surface area contributed by atoms with Gasteiger partial charge >= 0.3 is 0 Å². The molecule has 0 bridgehead atoms. The number of nitrogens with two attached hydrogens (primary N) is 1. The third-order valence-electron chi connectivity index (χ3n) is 3.37. The van der Waals surface area contributed by atoms with Crippen LogP contribution in [0.5, 0.6) is 0 Å². The largest absolute Gasteiger partial charge is 0.368 e. The molecule has 0 aliphatic heterocycles. The number of anilines is 1. The predicted molar refractivity (Wildman–Crippen MR) is 81.7 cm³/mol. The summed E-state index contributed by atoms with van der Waals surface area (Å²) in [6.07, 6.45) is 2.13. The lowest BCUT2D eigenvalue weighted by atomic mass is 10.2. The van der Waals surface area contributed by atoms with E-state index in [9.17, 15) is 9.18 Å². The molecule has 1 aromatic heterocycles. The number of halogens is 1. The van der Waals surface area contributed by atoms with E-state index in [-0.39, 0.29) is 24.0 Å². The first-order chi connectivity index (χ1) is 10.6. The Hall–Kier alpha value is -2.09. The molecule has 1 aliphatic carbocycles. The highest BCUT2D eigenvalue weighted by Gasteiger charge is 2.29. The van der Waals surface area contributed by atoms with Crippen LogP contribution in [0.2, 0.25) is 0 Å². The molecule has 1 aromatic carbocycles. The highest BCUT2D eigenvalue weighted by molar-refractivity contribution is 7.99. The van der Waals surface area contributed by atoms with Crippen molar-refractivity contribution in [1.82, 2.24) is 20.1 Å². The van der Waals surface area contributed by atoms with Gasteiger partial charge in [-0.1, -0.05) is 30.0 Å². The minimum Gasteiger partial charge on any atom is -0.368 e. The van der Waals surface area contributed by atoms with E-state index in [1.54, 1.807) is 18.2 Å². The Kier molecular flexibility index (Phi) is 4.28. The number of aromatic nitrogens is 3. The van der Waals surface area contributed by atoms with Gasteiger partial charge < -0.3 is 11.1 Å². The lowest BCUT2D eigenvalue weighted by Crippen LogP contribution is -2.25. The molecule has 1 amide bonds. The van der Waals surface area contributed by atoms with E-state index in [4.69, 9.17) is 5.73 Å². The van der Waals surface area contributed by atoms with Gasteiger partial charge in [0.15, 0.2) is 5.16 Å². The van der Waals surface area contributed by atoms with Crippen molar-refractivity contribution in [3.05, 3.63) is 35.6 Å². The number of rotatable bonds is 6. The van der Waals surface area contributed by atoms with Crippen molar-refractivity contribution in [2.75, 3.05) is 11.5 Å². The van der Waals surface area contributed by atoms with Crippen LogP contribution >= 0.6 is 11.8 Å². The molecule has 0 radical (unpaired) electrons. The molecule has 1 saturated carbocycles. The second-order valence-corrected chi connectivity index (χ2v) is 6.04. The third-order valence-corrected chi connectivity index (χ3v) is 4.31. The Balaban J connectivity index is 1.52. The second-order valence-electron chi connectivity index (χ2n) is 5.10. The van der Waals surface area contributed by atoms with Crippen molar-refractivity contribution in [1.29, 1.82) is 0 Å². The van der Waals surface area contributed by atoms with Gasteiger partial charge in [0.1, 0.15) is 5.82 Å². The molecule has 1 heterocycles. The molecule has 8 heteroatoms. The molecule has 0 unspecified atom stereocenters. The summed E-state index contributed by atoms with van der Waals surface area (Å²) in [5.74, 6) is 0.0740. The Bertz CT molecular complexity index is 686. The number of carbonyl (C=O) groups excluding carboxylic acids is 1. The van der Waals surface area contributed by atoms with Gasteiger partial charge in [0.05, 0.1) is 5.75 Å². The summed E-state index contributed by atoms with van der Waals surface area (Å²) in [7, 11) is 0. The number of nitrogens with one attached hydrogen (secondary N) is 1. The third kappa shape index (κ3) is 3.38. The lowest BCUT2D eigenvalue weighted by Gasteiger charge is -2.07. The molecule has 0 spiro atoms. The van der Waals surface area contributed by atoms with Crippen molar-refractivity contribution >= 4 is 23.6 Å². The number of hydrogen-bond donors (Lipinski definition) is 2. The van der Waals surface area contributed by atoms with E-state index >= 15 is 0 Å². The Morgan fingerprint density at radius 1 is 1.41 bits per heavy atom. The SMILES string of the molecule is Nc1nnc(SCC(=O)NCc2ccccc2F)n1C1CC1. The fraction of sp³-hybridized carbons (Fsp3) is 0.357. The molecule has 22 heavy (non-hydrogen) atoms. The normalized spacial score (nSPS) is 14.0. The summed E-state index contributed by atoms with van der Waals surface area (Å²) >= 11 is 1.29. The van der Waals surface area contributed by atoms with Crippen molar-refractivity contribution in [2.24, 2.45) is 0 Å². The number of nitrogens with zero attached hydrogens (tertiary/aromatic N) is 3. The van der Waals surface area contributed by atoms with Gasteiger partial charge in [-0.2, -0.15) is 0 Å². The molecular weight excluding hydrogens is 305 g/mol. The number of nitrogen functional groups attached to an aromatic ring is 1. The molecule has 2 aromatic rings. The van der Waals surface area contributed by atoms with Gasteiger partial charge in [-0.05, 0) is 18.9 Å². The molecule has 116 valence electrons. The van der Waals surface area contributed by atoms with Crippen LogP contribution in [0.1, 0.15) is 24.4 Å². The average Bonchev–Trinajstić information content (AvgIpc) is 3.27. The van der Waals surface area contributed by atoms with Gasteiger partial charge in [0, 0.05) is 18.2 Å². The highest BCUT2D eigenvalue weighted by Crippen LogP contribution is 2.39. The van der Waals surface area contributed by atoms with Gasteiger partial charge in [-0.15, -0.1) is 10.2 Å². The molecular formula is C14H16FN5OS. The summed E-state index contributed by atoms with van der Waals surface area (Å²) in [5, 5.41) is 11.2. The van der Waals surface area contributed by atoms with Crippen LogP contribution in [0, 0.1) is 5.82 Å². The van der Waals surface area contributed by atoms with Gasteiger partial charge in [0.25, 0.3) is 0 Å². The summed E-state index contributed by atoms with van der Waals surface area (Å²) < 4.78 is 15.3. The Morgan fingerprint density at radius 2 is 2.18 bits per heavy atom. The standard InChI is InChI=1S/C14H16FN5OS/c15-11-4-2-1-3-9(11)7-17-12(21)8-22-14-19-18-13(16)20(14)10-5-6-10/h1-4,10H,5-8H2,(H2,16,18)(H,17,21). The van der Waals surface area contributed by atoms with Crippen LogP contribution in [-0.4, -0.2) is 26.4 Å². The summed E-state index contributed by atoms with van der Waals surface area (Å²) in [6, 6.07) is 6.73. The highest BCUT2D eigenvalue weighted by atomic mass is 32.2. The van der Waals surface area contributed by atoms with E-state index in [0.29, 0.717) is 22.7 Å². The number of hydrogen-bond acceptors (Lipinski definition) is 5. The van der Waals surface area contributed by atoms with E-state index in [1.165, 1.54) is 17.8 Å². The molecule has 6 nitrogen and oxygen atoms in total. The Labute approximate surface area is 131 Å². The minimum absolute atomic E-state index is 0.170. The second kappa shape index (κ2) is 6.35. The van der Waals surface area contributed by atoms with Crippen LogP contribution in [0.15, 0.2) is 29.4 Å². The smallest absolute Gasteiger partial charge is 0.230 e. The Morgan fingerprint density at radius 3 is 2.91 bits per heavy atom. The van der Waals surface area contributed by atoms with Crippen LogP contribution in [0.3, 0.4) is 0 Å². The molecule has 0 atom stereocenters. The van der Waals surface area contributed by atoms with Gasteiger partial charge in [0.2, 0.25) is 11.9 Å². The number of thioether (sulfide) groups is 1. The monoisotopic (exact) mass is 321 g/mol. The molecule has 1 fully saturated rings. The average molecular weight is 321 g/mol. The number of carbonyl (C=O) groups is 1. The first kappa shape index (κ1) is 14.8. The maximum Gasteiger partial charge on any atom is 0.230 e. The van der Waals surface area contributed by atoms with Gasteiger partial charge in [-0.25, -0.2) is 4.39 Å². The van der Waals surface area contributed by atoms with E-state index in [0.717, 1.165) is 12.8 Å². The first-order valence-electron chi connectivity index (χ1n) is 6.98. The van der Waals surface area contributed by atoms with E-state index < -0.39 is 0 Å². The van der Waals surface area contributed by atoms with Crippen LogP contribution in [0.25, 0.3) is 0 Å². The molecule has 0 saturated heterocycles. The van der Waals surface area contributed by atoms with Crippen molar-refractivity contribution in [3.8, 4) is 0 Å². The maximum atomic E-state index is 13.5. The topological polar surface area (TPSA) is 85.8 Å². The minimum atomic E-state index is -0.322. The predicted octanol–water partition coefficient (Wildman–Crippen LogP) is 1.74. The van der Waals surface area contributed by atoms with Crippen molar-refractivity contribution in [3.63, 3.8) is 0 Å². The fourth-order valence-corrected chi connectivity index (χ4v) is 2.92. The zero-order chi connectivity index (χ0) is 15.5. The van der Waals surface area contributed by atoms with Gasteiger partial charge in [-0.3, -0.25) is 9.36 Å².